The Balaban J connectivity index is 2.29. The minimum Gasteiger partial charge on any atom is -0.481 e. The number of carbonyl (C=O) groups is 2. The van der Waals surface area contributed by atoms with E-state index in [-0.39, 0.29) is 18.4 Å². The van der Waals surface area contributed by atoms with Gasteiger partial charge in [0.1, 0.15) is 0 Å². The predicted molar refractivity (Wildman–Crippen MR) is 101 cm³/mol. The number of carbonyl (C=O) groups excluding carboxylic acids is 1. The number of carboxylic acids is 1. The normalized spacial score (nSPS) is 18.4. The summed E-state index contributed by atoms with van der Waals surface area (Å²) >= 11 is 6.60. The largest absolute Gasteiger partial charge is 0.481 e. The van der Waals surface area contributed by atoms with Crippen molar-refractivity contribution >= 4 is 79.6 Å². The second kappa shape index (κ2) is 7.07. The number of nitrogens with zero attached hydrogens (tertiary/aromatic N) is 1. The van der Waals surface area contributed by atoms with Crippen molar-refractivity contribution < 1.29 is 14.7 Å². The van der Waals surface area contributed by atoms with Crippen LogP contribution in [0.5, 0.6) is 0 Å². The van der Waals surface area contributed by atoms with E-state index in [1.54, 1.807) is 4.90 Å². The Bertz CT molecular complexity index is 562. The van der Waals surface area contributed by atoms with Crippen LogP contribution in [0.25, 0.3) is 0 Å². The van der Waals surface area contributed by atoms with Crippen molar-refractivity contribution in [1.29, 1.82) is 0 Å². The maximum absolute atomic E-state index is 12.7. The van der Waals surface area contributed by atoms with Gasteiger partial charge in [-0.15, -0.1) is 0 Å². The van der Waals surface area contributed by atoms with Crippen LogP contribution in [0.3, 0.4) is 0 Å². The first-order valence-corrected chi connectivity index (χ1v) is 9.31. The highest BCUT2D eigenvalue weighted by Crippen LogP contribution is 2.28. The van der Waals surface area contributed by atoms with Crippen molar-refractivity contribution in [1.82, 2.24) is 4.90 Å². The number of hydrogen-bond donors (Lipinski definition) is 1. The first-order chi connectivity index (χ1) is 9.40. The SMILES string of the molecule is O=C(O)CC1CCCN1C(=O)c1cc(I)cc(I)c1I. The van der Waals surface area contributed by atoms with Gasteiger partial charge in [0.15, 0.2) is 0 Å². The lowest BCUT2D eigenvalue weighted by molar-refractivity contribution is -0.137. The molecule has 1 saturated heterocycles. The first-order valence-electron chi connectivity index (χ1n) is 6.07. The molecule has 1 unspecified atom stereocenters. The summed E-state index contributed by atoms with van der Waals surface area (Å²) in [4.78, 5) is 25.3. The van der Waals surface area contributed by atoms with E-state index in [4.69, 9.17) is 5.11 Å². The van der Waals surface area contributed by atoms with Gasteiger partial charge >= 0.3 is 5.97 Å². The number of benzene rings is 1. The highest BCUT2D eigenvalue weighted by Gasteiger charge is 2.32. The average Bonchev–Trinajstić information content (AvgIpc) is 2.80. The molecule has 1 fully saturated rings. The molecule has 1 heterocycles. The third-order valence-electron chi connectivity index (χ3n) is 3.27. The Kier molecular flexibility index (Phi) is 5.91. The molecule has 2 rings (SSSR count). The van der Waals surface area contributed by atoms with Gasteiger partial charge in [0.25, 0.3) is 5.91 Å². The summed E-state index contributed by atoms with van der Waals surface area (Å²) in [6.07, 6.45) is 1.68. The zero-order chi connectivity index (χ0) is 14.9. The number of likely N-dealkylation sites (tertiary alicyclic amines) is 1. The fourth-order valence-electron chi connectivity index (χ4n) is 2.38. The molecule has 0 radical (unpaired) electrons. The molecule has 0 aliphatic carbocycles. The second-order valence-electron chi connectivity index (χ2n) is 4.64. The first kappa shape index (κ1) is 16.7. The molecule has 1 aliphatic heterocycles. The van der Waals surface area contributed by atoms with Crippen LogP contribution < -0.4 is 0 Å². The van der Waals surface area contributed by atoms with E-state index in [0.29, 0.717) is 12.1 Å². The Morgan fingerprint density at radius 3 is 2.65 bits per heavy atom. The van der Waals surface area contributed by atoms with Crippen molar-refractivity contribution in [3.05, 3.63) is 28.4 Å². The molecule has 7 heteroatoms. The minimum atomic E-state index is -0.846. The maximum atomic E-state index is 12.7. The number of rotatable bonds is 3. The molecular formula is C13H12I3NO3. The number of halogens is 3. The lowest BCUT2D eigenvalue weighted by Gasteiger charge is -2.24. The maximum Gasteiger partial charge on any atom is 0.305 e. The fourth-order valence-corrected chi connectivity index (χ4v) is 4.77. The molecule has 0 saturated carbocycles. The summed E-state index contributed by atoms with van der Waals surface area (Å²) in [7, 11) is 0. The number of aliphatic carboxylic acids is 1. The molecule has 1 amide bonds. The summed E-state index contributed by atoms with van der Waals surface area (Å²) in [5.74, 6) is -0.892. The highest BCUT2D eigenvalue weighted by molar-refractivity contribution is 14.1. The van der Waals surface area contributed by atoms with Crippen molar-refractivity contribution in [3.8, 4) is 0 Å². The Labute approximate surface area is 158 Å². The molecule has 108 valence electrons. The zero-order valence-corrected chi connectivity index (χ0v) is 16.9. The fraction of sp³-hybridized carbons (Fsp3) is 0.385. The zero-order valence-electron chi connectivity index (χ0n) is 10.4. The molecule has 0 aromatic heterocycles. The van der Waals surface area contributed by atoms with E-state index in [1.807, 2.05) is 12.1 Å². The predicted octanol–water partition coefficient (Wildman–Crippen LogP) is 3.58. The summed E-state index contributed by atoms with van der Waals surface area (Å²) < 4.78 is 3.01. The van der Waals surface area contributed by atoms with Crippen molar-refractivity contribution in [2.45, 2.75) is 25.3 Å². The van der Waals surface area contributed by atoms with E-state index in [0.717, 1.165) is 23.6 Å². The van der Waals surface area contributed by atoms with E-state index in [9.17, 15) is 9.59 Å². The van der Waals surface area contributed by atoms with Gasteiger partial charge < -0.3 is 10.0 Å². The monoisotopic (exact) mass is 611 g/mol. The van der Waals surface area contributed by atoms with Gasteiger partial charge in [-0.25, -0.2) is 0 Å². The van der Waals surface area contributed by atoms with E-state index >= 15 is 0 Å². The average molecular weight is 611 g/mol. The molecule has 1 aromatic rings. The highest BCUT2D eigenvalue weighted by atomic mass is 127. The molecule has 1 N–H and O–H groups in total. The molecule has 0 bridgehead atoms. The van der Waals surface area contributed by atoms with Gasteiger partial charge in [0.05, 0.1) is 12.0 Å². The van der Waals surface area contributed by atoms with Gasteiger partial charge in [0, 0.05) is 23.3 Å². The van der Waals surface area contributed by atoms with Crippen LogP contribution in [0.1, 0.15) is 29.6 Å². The lowest BCUT2D eigenvalue weighted by atomic mass is 10.1. The van der Waals surface area contributed by atoms with Crippen LogP contribution in [0.2, 0.25) is 0 Å². The van der Waals surface area contributed by atoms with E-state index in [1.165, 1.54) is 0 Å². The molecule has 0 spiro atoms. The molecule has 1 aromatic carbocycles. The van der Waals surface area contributed by atoms with Gasteiger partial charge in [0.2, 0.25) is 0 Å². The molecular weight excluding hydrogens is 599 g/mol. The third kappa shape index (κ3) is 3.76. The van der Waals surface area contributed by atoms with Crippen LogP contribution in [-0.2, 0) is 4.79 Å². The summed E-state index contributed by atoms with van der Waals surface area (Å²) in [5.41, 5.74) is 0.680. The third-order valence-corrected chi connectivity index (χ3v) is 6.94. The van der Waals surface area contributed by atoms with E-state index in [2.05, 4.69) is 67.8 Å². The van der Waals surface area contributed by atoms with E-state index < -0.39 is 5.97 Å². The molecule has 1 atom stereocenters. The van der Waals surface area contributed by atoms with Crippen LogP contribution in [-0.4, -0.2) is 34.5 Å². The summed E-state index contributed by atoms with van der Waals surface area (Å²) in [6, 6.07) is 3.73. The summed E-state index contributed by atoms with van der Waals surface area (Å²) in [6.45, 7) is 0.648. The van der Waals surface area contributed by atoms with Gasteiger partial charge in [-0.3, -0.25) is 9.59 Å². The minimum absolute atomic E-state index is 0.0311. The van der Waals surface area contributed by atoms with Crippen molar-refractivity contribution in [3.63, 3.8) is 0 Å². The van der Waals surface area contributed by atoms with Gasteiger partial charge in [-0.2, -0.15) is 0 Å². The van der Waals surface area contributed by atoms with Crippen LogP contribution in [0, 0.1) is 10.7 Å². The number of hydrogen-bond acceptors (Lipinski definition) is 2. The number of amides is 1. The Morgan fingerprint density at radius 2 is 2.00 bits per heavy atom. The standard InChI is InChI=1S/C13H12I3NO3/c14-7-4-9(12(16)10(15)5-7)13(20)17-3-1-2-8(17)6-11(18)19/h4-5,8H,1-3,6H2,(H,18,19). The number of carboxylic acid groups (broad SMARTS) is 1. The van der Waals surface area contributed by atoms with Crippen LogP contribution in [0.4, 0.5) is 0 Å². The molecule has 4 nitrogen and oxygen atoms in total. The van der Waals surface area contributed by atoms with Crippen molar-refractivity contribution in [2.75, 3.05) is 6.54 Å². The summed E-state index contributed by atoms with van der Waals surface area (Å²) in [5, 5.41) is 8.94. The Morgan fingerprint density at radius 1 is 1.30 bits per heavy atom. The lowest BCUT2D eigenvalue weighted by Crippen LogP contribution is -2.37. The smallest absolute Gasteiger partial charge is 0.305 e. The van der Waals surface area contributed by atoms with Gasteiger partial charge in [-0.05, 0) is 92.7 Å². The Hall–Kier alpha value is 0.350. The van der Waals surface area contributed by atoms with Gasteiger partial charge in [-0.1, -0.05) is 0 Å². The van der Waals surface area contributed by atoms with Crippen LogP contribution >= 0.6 is 67.8 Å². The topological polar surface area (TPSA) is 57.6 Å². The molecule has 1 aliphatic rings. The second-order valence-corrected chi connectivity index (χ2v) is 8.13. The molecule has 20 heavy (non-hydrogen) atoms. The van der Waals surface area contributed by atoms with Crippen molar-refractivity contribution in [2.24, 2.45) is 0 Å². The quantitative estimate of drug-likeness (QED) is 0.421. The van der Waals surface area contributed by atoms with Crippen LogP contribution in [0.15, 0.2) is 12.1 Å².